The maximum Gasteiger partial charge on any atom is 0.159 e. The van der Waals surface area contributed by atoms with Crippen molar-refractivity contribution in [1.29, 1.82) is 0 Å². The molecule has 0 N–H and O–H groups in total. The first-order valence-corrected chi connectivity index (χ1v) is 4.72. The number of hydrogen-bond acceptors (Lipinski definition) is 2. The molecule has 0 amide bonds. The Bertz CT molecular complexity index is 309. The minimum atomic E-state index is -0.271. The summed E-state index contributed by atoms with van der Waals surface area (Å²) in [5.74, 6) is -0.308. The van der Waals surface area contributed by atoms with Gasteiger partial charge in [0.1, 0.15) is 5.82 Å². The average Bonchev–Trinajstić information content (AvgIpc) is 2.05. The number of thioether (sulfide) groups is 1. The summed E-state index contributed by atoms with van der Waals surface area (Å²) in [7, 11) is 0. The largest absolute Gasteiger partial charge is 0.295 e. The van der Waals surface area contributed by atoms with E-state index in [1.54, 1.807) is 12.3 Å². The Labute approximate surface area is 75.0 Å². The molecule has 0 spiro atoms. The molecule has 1 aromatic rings. The average molecular weight is 184 g/mol. The lowest BCUT2D eigenvalue weighted by atomic mass is 10.1. The molecule has 0 aliphatic carbocycles. The molecule has 0 aliphatic rings. The summed E-state index contributed by atoms with van der Waals surface area (Å²) in [5, 5.41) is 0. The molecular weight excluding hydrogens is 175 g/mol. The van der Waals surface area contributed by atoms with Crippen LogP contribution in [0.2, 0.25) is 0 Å². The Balaban J connectivity index is 3.13. The molecule has 0 heterocycles. The van der Waals surface area contributed by atoms with Gasteiger partial charge in [0.25, 0.3) is 0 Å². The van der Waals surface area contributed by atoms with E-state index in [2.05, 4.69) is 0 Å². The number of carbonyl (C=O) groups excluding carboxylic acids is 1. The second-order valence-corrected chi connectivity index (χ2v) is 3.25. The van der Waals surface area contributed by atoms with E-state index in [0.29, 0.717) is 10.5 Å². The highest BCUT2D eigenvalue weighted by Gasteiger charge is 2.04. The Morgan fingerprint density at radius 1 is 1.50 bits per heavy atom. The lowest BCUT2D eigenvalue weighted by molar-refractivity contribution is 0.101. The van der Waals surface area contributed by atoms with Gasteiger partial charge in [-0.05, 0) is 31.4 Å². The first kappa shape index (κ1) is 9.26. The van der Waals surface area contributed by atoms with Gasteiger partial charge in [0.05, 0.1) is 0 Å². The topological polar surface area (TPSA) is 17.1 Å². The minimum Gasteiger partial charge on any atom is -0.295 e. The normalized spacial score (nSPS) is 9.92. The zero-order chi connectivity index (χ0) is 9.14. The molecule has 0 bridgehead atoms. The molecule has 0 saturated heterocycles. The van der Waals surface area contributed by atoms with Crippen LogP contribution >= 0.6 is 11.8 Å². The summed E-state index contributed by atoms with van der Waals surface area (Å²) >= 11 is 1.30. The summed E-state index contributed by atoms with van der Waals surface area (Å²) in [6.07, 6.45) is 1.78. The molecule has 64 valence electrons. The first-order chi connectivity index (χ1) is 5.65. The van der Waals surface area contributed by atoms with Crippen molar-refractivity contribution in [1.82, 2.24) is 0 Å². The van der Waals surface area contributed by atoms with Crippen molar-refractivity contribution < 1.29 is 9.18 Å². The fourth-order valence-corrected chi connectivity index (χ4v) is 1.39. The highest BCUT2D eigenvalue weighted by atomic mass is 32.2. The Kier molecular flexibility index (Phi) is 2.87. The molecule has 1 nitrogen and oxygen atoms in total. The molecule has 1 rings (SSSR count). The van der Waals surface area contributed by atoms with Gasteiger partial charge in [0, 0.05) is 10.5 Å². The van der Waals surface area contributed by atoms with E-state index in [0.717, 1.165) is 0 Å². The zero-order valence-corrected chi connectivity index (χ0v) is 7.74. The summed E-state index contributed by atoms with van der Waals surface area (Å²) in [4.78, 5) is 11.4. The molecule has 0 saturated carbocycles. The Hall–Kier alpha value is -0.830. The van der Waals surface area contributed by atoms with E-state index in [4.69, 9.17) is 0 Å². The van der Waals surface area contributed by atoms with Crippen molar-refractivity contribution >= 4 is 17.5 Å². The van der Waals surface area contributed by atoms with E-state index >= 15 is 0 Å². The van der Waals surface area contributed by atoms with Gasteiger partial charge in [0.2, 0.25) is 0 Å². The smallest absolute Gasteiger partial charge is 0.159 e. The van der Waals surface area contributed by atoms with Crippen molar-refractivity contribution in [2.45, 2.75) is 11.8 Å². The third-order valence-electron chi connectivity index (χ3n) is 1.56. The minimum absolute atomic E-state index is 0.0368. The van der Waals surface area contributed by atoms with Gasteiger partial charge in [-0.3, -0.25) is 4.79 Å². The van der Waals surface area contributed by atoms with Crippen LogP contribution in [-0.4, -0.2) is 12.0 Å². The predicted octanol–water partition coefficient (Wildman–Crippen LogP) is 2.75. The van der Waals surface area contributed by atoms with Crippen molar-refractivity contribution in [2.75, 3.05) is 6.26 Å². The second kappa shape index (κ2) is 3.72. The zero-order valence-electron chi connectivity index (χ0n) is 6.93. The summed E-state index contributed by atoms with van der Waals surface area (Å²) in [6.45, 7) is 1.47. The molecule has 3 heteroatoms. The van der Waals surface area contributed by atoms with Gasteiger partial charge in [0.15, 0.2) is 5.78 Å². The summed E-state index contributed by atoms with van der Waals surface area (Å²) in [6, 6.07) is 4.39. The fraction of sp³-hybridized carbons (Fsp3) is 0.222. The maximum absolute atomic E-state index is 12.9. The van der Waals surface area contributed by atoms with E-state index < -0.39 is 0 Å². The number of hydrogen-bond donors (Lipinski definition) is 0. The molecule has 0 atom stereocenters. The van der Waals surface area contributed by atoms with Crippen molar-refractivity contribution in [3.8, 4) is 0 Å². The highest BCUT2D eigenvalue weighted by molar-refractivity contribution is 7.98. The summed E-state index contributed by atoms with van der Waals surface area (Å²) in [5.41, 5.74) is 0.556. The lowest BCUT2D eigenvalue weighted by Crippen LogP contribution is -1.93. The van der Waals surface area contributed by atoms with Crippen LogP contribution in [0.15, 0.2) is 23.1 Å². The molecule has 0 aromatic heterocycles. The standard InChI is InChI=1S/C9H9FOS/c1-6(11)7-3-4-8(10)9(5-7)12-2/h3-5H,1-2H3. The van der Waals surface area contributed by atoms with Gasteiger partial charge in [-0.1, -0.05) is 0 Å². The molecule has 12 heavy (non-hydrogen) atoms. The van der Waals surface area contributed by atoms with Gasteiger partial charge in [-0.15, -0.1) is 11.8 Å². The number of ketones is 1. The lowest BCUT2D eigenvalue weighted by Gasteiger charge is -2.00. The number of benzene rings is 1. The van der Waals surface area contributed by atoms with Gasteiger partial charge in [-0.2, -0.15) is 0 Å². The quantitative estimate of drug-likeness (QED) is 0.519. The van der Waals surface area contributed by atoms with E-state index in [-0.39, 0.29) is 11.6 Å². The van der Waals surface area contributed by atoms with Crippen LogP contribution in [-0.2, 0) is 0 Å². The Morgan fingerprint density at radius 2 is 2.17 bits per heavy atom. The van der Waals surface area contributed by atoms with Crippen LogP contribution < -0.4 is 0 Å². The van der Waals surface area contributed by atoms with E-state index in [1.807, 2.05) is 0 Å². The van der Waals surface area contributed by atoms with Crippen LogP contribution in [0.25, 0.3) is 0 Å². The molecule has 0 fully saturated rings. The third-order valence-corrected chi connectivity index (χ3v) is 2.31. The predicted molar refractivity (Wildman–Crippen MR) is 48.2 cm³/mol. The van der Waals surface area contributed by atoms with Gasteiger partial charge >= 0.3 is 0 Å². The van der Waals surface area contributed by atoms with E-state index in [1.165, 1.54) is 30.8 Å². The van der Waals surface area contributed by atoms with Crippen LogP contribution in [0.3, 0.4) is 0 Å². The van der Waals surface area contributed by atoms with Gasteiger partial charge < -0.3 is 0 Å². The fourth-order valence-electron chi connectivity index (χ4n) is 0.879. The summed E-state index contributed by atoms with van der Waals surface area (Å²) < 4.78 is 12.9. The van der Waals surface area contributed by atoms with E-state index in [9.17, 15) is 9.18 Å². The van der Waals surface area contributed by atoms with Crippen LogP contribution in [0, 0.1) is 5.82 Å². The number of halogens is 1. The molecule has 0 aliphatic heterocycles. The van der Waals surface area contributed by atoms with Crippen LogP contribution in [0.4, 0.5) is 4.39 Å². The van der Waals surface area contributed by atoms with Crippen molar-refractivity contribution in [3.63, 3.8) is 0 Å². The molecular formula is C9H9FOS. The number of carbonyl (C=O) groups is 1. The second-order valence-electron chi connectivity index (χ2n) is 2.41. The maximum atomic E-state index is 12.9. The molecule has 1 aromatic carbocycles. The van der Waals surface area contributed by atoms with Crippen LogP contribution in [0.1, 0.15) is 17.3 Å². The third kappa shape index (κ3) is 1.85. The number of rotatable bonds is 2. The SMILES string of the molecule is CSc1cc(C(C)=O)ccc1F. The first-order valence-electron chi connectivity index (χ1n) is 3.49. The van der Waals surface area contributed by atoms with Crippen molar-refractivity contribution in [3.05, 3.63) is 29.6 Å². The van der Waals surface area contributed by atoms with Gasteiger partial charge in [-0.25, -0.2) is 4.39 Å². The molecule has 0 radical (unpaired) electrons. The van der Waals surface area contributed by atoms with Crippen molar-refractivity contribution in [2.24, 2.45) is 0 Å². The molecule has 0 unspecified atom stereocenters. The monoisotopic (exact) mass is 184 g/mol. The van der Waals surface area contributed by atoms with Crippen LogP contribution in [0.5, 0.6) is 0 Å². The Morgan fingerprint density at radius 3 is 2.67 bits per heavy atom. The number of Topliss-reactive ketones (excluding diaryl/α,β-unsaturated/α-hetero) is 1. The highest BCUT2D eigenvalue weighted by Crippen LogP contribution is 2.20.